The maximum Gasteiger partial charge on any atom is 0.277 e. The molecular formula is C19H21N3O2S2. The predicted molar refractivity (Wildman–Crippen MR) is 104 cm³/mol. The zero-order valence-electron chi connectivity index (χ0n) is 14.8. The Morgan fingerprint density at radius 3 is 2.77 bits per heavy atom. The molecule has 0 aliphatic carbocycles. The van der Waals surface area contributed by atoms with Crippen molar-refractivity contribution < 1.29 is 9.21 Å². The molecule has 0 radical (unpaired) electrons. The number of nitrogens with zero attached hydrogens (tertiary/aromatic N) is 3. The van der Waals surface area contributed by atoms with Crippen molar-refractivity contribution in [3.63, 3.8) is 0 Å². The van der Waals surface area contributed by atoms with Gasteiger partial charge in [0, 0.05) is 18.3 Å². The van der Waals surface area contributed by atoms with Gasteiger partial charge in [-0.15, -0.1) is 21.5 Å². The molecule has 0 spiro atoms. The van der Waals surface area contributed by atoms with Gasteiger partial charge in [0.1, 0.15) is 0 Å². The van der Waals surface area contributed by atoms with Crippen LogP contribution in [0.2, 0.25) is 0 Å². The maximum absolute atomic E-state index is 12.2. The quantitative estimate of drug-likeness (QED) is 0.542. The van der Waals surface area contributed by atoms with E-state index in [1.807, 2.05) is 42.8 Å². The first-order valence-corrected chi connectivity index (χ1v) is 10.2. The minimum Gasteiger partial charge on any atom is -0.416 e. The molecule has 26 heavy (non-hydrogen) atoms. The summed E-state index contributed by atoms with van der Waals surface area (Å²) in [5.41, 5.74) is 1.24. The first kappa shape index (κ1) is 18.7. The largest absolute Gasteiger partial charge is 0.416 e. The molecule has 0 N–H and O–H groups in total. The van der Waals surface area contributed by atoms with E-state index in [0.717, 1.165) is 0 Å². The number of benzene rings is 1. The third-order valence-corrected chi connectivity index (χ3v) is 5.68. The fraction of sp³-hybridized carbons (Fsp3) is 0.316. The molecule has 0 aliphatic heterocycles. The van der Waals surface area contributed by atoms with Crippen LogP contribution >= 0.6 is 23.1 Å². The lowest BCUT2D eigenvalue weighted by Crippen LogP contribution is -2.27. The maximum atomic E-state index is 12.2. The van der Waals surface area contributed by atoms with E-state index in [1.165, 1.54) is 22.2 Å². The summed E-state index contributed by atoms with van der Waals surface area (Å²) in [7, 11) is 1.81. The predicted octanol–water partition coefficient (Wildman–Crippen LogP) is 4.23. The van der Waals surface area contributed by atoms with Crippen LogP contribution in [0.1, 0.15) is 29.2 Å². The highest BCUT2D eigenvalue weighted by molar-refractivity contribution is 7.99. The first-order valence-electron chi connectivity index (χ1n) is 8.38. The van der Waals surface area contributed by atoms with Gasteiger partial charge >= 0.3 is 0 Å². The molecule has 0 saturated carbocycles. The fourth-order valence-electron chi connectivity index (χ4n) is 2.50. The van der Waals surface area contributed by atoms with Crippen LogP contribution in [0.15, 0.2) is 57.5 Å². The molecule has 0 bridgehead atoms. The minimum absolute atomic E-state index is 0.0424. The van der Waals surface area contributed by atoms with E-state index in [4.69, 9.17) is 4.42 Å². The summed E-state index contributed by atoms with van der Waals surface area (Å²) in [6.45, 7) is 2.76. The normalized spacial score (nSPS) is 12.1. The Balaban J connectivity index is 1.48. The Bertz CT molecular complexity index is 818. The molecule has 0 fully saturated rings. The molecule has 136 valence electrons. The van der Waals surface area contributed by atoms with Crippen LogP contribution in [0.3, 0.4) is 0 Å². The van der Waals surface area contributed by atoms with Crippen molar-refractivity contribution in [1.29, 1.82) is 0 Å². The molecular weight excluding hydrogens is 366 g/mol. The topological polar surface area (TPSA) is 59.2 Å². The van der Waals surface area contributed by atoms with E-state index in [9.17, 15) is 4.79 Å². The molecule has 1 aromatic carbocycles. The summed E-state index contributed by atoms with van der Waals surface area (Å²) in [5, 5.41) is 10.6. The summed E-state index contributed by atoms with van der Waals surface area (Å²) >= 11 is 2.93. The second-order valence-corrected chi connectivity index (χ2v) is 8.05. The average molecular weight is 388 g/mol. The second kappa shape index (κ2) is 9.00. The SMILES string of the molecule is CC(Cc1nnc(SCC(=O)N(C)Cc2cccs2)o1)c1ccccc1. The Morgan fingerprint density at radius 2 is 2.04 bits per heavy atom. The monoisotopic (exact) mass is 387 g/mol. The summed E-state index contributed by atoms with van der Waals surface area (Å²) in [6.07, 6.45) is 0.684. The van der Waals surface area contributed by atoms with Crippen molar-refractivity contribution in [1.82, 2.24) is 15.1 Å². The number of carbonyl (C=O) groups is 1. The molecule has 1 unspecified atom stereocenters. The number of hydrogen-bond donors (Lipinski definition) is 0. The fourth-order valence-corrected chi connectivity index (χ4v) is 3.98. The molecule has 5 nitrogen and oxygen atoms in total. The smallest absolute Gasteiger partial charge is 0.277 e. The van der Waals surface area contributed by atoms with Crippen LogP contribution in [0, 0.1) is 0 Å². The Morgan fingerprint density at radius 1 is 1.23 bits per heavy atom. The van der Waals surface area contributed by atoms with Crippen LogP contribution in [-0.2, 0) is 17.8 Å². The molecule has 3 aromatic rings. The van der Waals surface area contributed by atoms with Crippen LogP contribution in [0.4, 0.5) is 0 Å². The van der Waals surface area contributed by atoms with Crippen molar-refractivity contribution in [2.75, 3.05) is 12.8 Å². The summed E-state index contributed by atoms with van der Waals surface area (Å²) < 4.78 is 5.68. The highest BCUT2D eigenvalue weighted by Gasteiger charge is 2.15. The van der Waals surface area contributed by atoms with E-state index >= 15 is 0 Å². The molecule has 0 saturated heterocycles. The van der Waals surface area contributed by atoms with Gasteiger partial charge in [-0.2, -0.15) is 0 Å². The Labute approximate surface area is 161 Å². The minimum atomic E-state index is 0.0424. The molecule has 2 heterocycles. The van der Waals surface area contributed by atoms with Gasteiger partial charge < -0.3 is 9.32 Å². The number of hydrogen-bond acceptors (Lipinski definition) is 6. The zero-order chi connectivity index (χ0) is 18.4. The standard InChI is InChI=1S/C19H21N3O2S2/c1-14(15-7-4-3-5-8-15)11-17-20-21-19(24-17)26-13-18(23)22(2)12-16-9-6-10-25-16/h3-10,14H,11-13H2,1-2H3. The molecule has 1 amide bonds. The lowest BCUT2D eigenvalue weighted by atomic mass is 9.98. The number of amides is 1. The summed E-state index contributed by atoms with van der Waals surface area (Å²) in [4.78, 5) is 15.1. The number of thiophene rings is 1. The van der Waals surface area contributed by atoms with Crippen molar-refractivity contribution >= 4 is 29.0 Å². The van der Waals surface area contributed by atoms with Crippen molar-refractivity contribution in [3.8, 4) is 0 Å². The third kappa shape index (κ3) is 5.19. The van der Waals surface area contributed by atoms with Crippen LogP contribution in [-0.4, -0.2) is 33.8 Å². The van der Waals surface area contributed by atoms with Crippen LogP contribution < -0.4 is 0 Å². The average Bonchev–Trinajstić information content (AvgIpc) is 3.32. The number of aromatic nitrogens is 2. The van der Waals surface area contributed by atoms with Gasteiger partial charge in [0.05, 0.1) is 12.3 Å². The molecule has 1 atom stereocenters. The van der Waals surface area contributed by atoms with E-state index in [0.29, 0.717) is 30.0 Å². The summed E-state index contributed by atoms with van der Waals surface area (Å²) in [5.74, 6) is 1.23. The Hall–Kier alpha value is -2.12. The van der Waals surface area contributed by atoms with Gasteiger partial charge in [-0.25, -0.2) is 0 Å². The molecule has 2 aromatic heterocycles. The third-order valence-electron chi connectivity index (χ3n) is 4.02. The van der Waals surface area contributed by atoms with Crippen molar-refractivity contribution in [2.45, 2.75) is 31.0 Å². The van der Waals surface area contributed by atoms with Crippen molar-refractivity contribution in [3.05, 3.63) is 64.2 Å². The first-order chi connectivity index (χ1) is 12.6. The van der Waals surface area contributed by atoms with Crippen LogP contribution in [0.25, 0.3) is 0 Å². The number of thioether (sulfide) groups is 1. The van der Waals surface area contributed by atoms with Crippen molar-refractivity contribution in [2.24, 2.45) is 0 Å². The second-order valence-electron chi connectivity index (χ2n) is 6.10. The number of carbonyl (C=O) groups excluding carboxylic acids is 1. The van der Waals surface area contributed by atoms with Gasteiger partial charge in [-0.1, -0.05) is 55.1 Å². The van der Waals surface area contributed by atoms with Gasteiger partial charge in [0.25, 0.3) is 5.22 Å². The highest BCUT2D eigenvalue weighted by Crippen LogP contribution is 2.22. The zero-order valence-corrected chi connectivity index (χ0v) is 16.4. The number of rotatable bonds is 8. The van der Waals surface area contributed by atoms with E-state index in [-0.39, 0.29) is 11.7 Å². The van der Waals surface area contributed by atoms with Gasteiger partial charge in [0.15, 0.2) is 0 Å². The molecule has 7 heteroatoms. The van der Waals surface area contributed by atoms with Gasteiger partial charge in [-0.05, 0) is 22.9 Å². The summed E-state index contributed by atoms with van der Waals surface area (Å²) in [6, 6.07) is 14.3. The van der Waals surface area contributed by atoms with E-state index < -0.39 is 0 Å². The lowest BCUT2D eigenvalue weighted by Gasteiger charge is -2.15. The van der Waals surface area contributed by atoms with E-state index in [1.54, 1.807) is 16.2 Å². The Kier molecular flexibility index (Phi) is 6.46. The van der Waals surface area contributed by atoms with Gasteiger partial charge in [0.2, 0.25) is 11.8 Å². The molecule has 0 aliphatic rings. The van der Waals surface area contributed by atoms with Gasteiger partial charge in [-0.3, -0.25) is 4.79 Å². The lowest BCUT2D eigenvalue weighted by molar-refractivity contribution is -0.127. The van der Waals surface area contributed by atoms with E-state index in [2.05, 4.69) is 29.3 Å². The van der Waals surface area contributed by atoms with Crippen LogP contribution in [0.5, 0.6) is 0 Å². The molecule has 3 rings (SSSR count). The highest BCUT2D eigenvalue weighted by atomic mass is 32.2.